The summed E-state index contributed by atoms with van der Waals surface area (Å²) in [5.41, 5.74) is 10.1. The number of benzene rings is 1. The van der Waals surface area contributed by atoms with Crippen LogP contribution in [0.3, 0.4) is 0 Å². The quantitative estimate of drug-likeness (QED) is 0.455. The summed E-state index contributed by atoms with van der Waals surface area (Å²) in [4.78, 5) is 17.0. The topological polar surface area (TPSA) is 69.3 Å². The highest BCUT2D eigenvalue weighted by Crippen LogP contribution is 2.17. The molecule has 0 unspecified atom stereocenters. The Bertz CT molecular complexity index is 550. The number of carbonyl (C=O) groups excluding carboxylic acids is 1. The van der Waals surface area contributed by atoms with Crippen molar-refractivity contribution in [2.45, 2.75) is 6.42 Å². The van der Waals surface area contributed by atoms with E-state index in [2.05, 4.69) is 9.77 Å². The maximum Gasteiger partial charge on any atom is 0.323 e. The summed E-state index contributed by atoms with van der Waals surface area (Å²) >= 11 is 0. The second-order valence-electron chi connectivity index (χ2n) is 3.25. The molecule has 1 aromatic carbocycles. The lowest BCUT2D eigenvalue weighted by Crippen LogP contribution is -2.03. The van der Waals surface area contributed by atoms with Gasteiger partial charge in [-0.05, 0) is 11.6 Å². The van der Waals surface area contributed by atoms with E-state index in [9.17, 15) is 4.79 Å². The molecule has 0 bridgehead atoms. The Labute approximate surface area is 86.2 Å². The Balaban J connectivity index is 2.36. The molecular weight excluding hydrogens is 190 g/mol. The normalized spacial score (nSPS) is 9.87. The zero-order valence-electron chi connectivity index (χ0n) is 7.97. The Morgan fingerprint density at radius 3 is 3.07 bits per heavy atom. The molecular formula is C11H9N3O. The van der Waals surface area contributed by atoms with Crippen LogP contribution in [0, 0.1) is 0 Å². The summed E-state index contributed by atoms with van der Waals surface area (Å²) in [7, 11) is 0. The minimum absolute atomic E-state index is 0.220. The van der Waals surface area contributed by atoms with Crippen molar-refractivity contribution in [2.75, 3.05) is 0 Å². The van der Waals surface area contributed by atoms with Crippen LogP contribution in [0.25, 0.3) is 16.4 Å². The van der Waals surface area contributed by atoms with E-state index in [0.29, 0.717) is 0 Å². The molecule has 0 saturated carbocycles. The summed E-state index contributed by atoms with van der Waals surface area (Å²) < 4.78 is 0. The fourth-order valence-corrected chi connectivity index (χ4v) is 1.58. The number of Topliss-reactive ketones (excluding diaryl/α,β-unsaturated/α-hetero) is 1. The molecule has 0 amide bonds. The van der Waals surface area contributed by atoms with E-state index in [1.165, 1.54) is 0 Å². The van der Waals surface area contributed by atoms with Crippen LogP contribution >= 0.6 is 0 Å². The second kappa shape index (κ2) is 3.90. The van der Waals surface area contributed by atoms with E-state index in [1.54, 1.807) is 6.20 Å². The van der Waals surface area contributed by atoms with Gasteiger partial charge in [0.2, 0.25) is 5.78 Å². The third-order valence-corrected chi connectivity index (χ3v) is 2.24. The first-order valence-electron chi connectivity index (χ1n) is 4.56. The van der Waals surface area contributed by atoms with E-state index in [0.717, 1.165) is 22.7 Å². The smallest absolute Gasteiger partial charge is 0.323 e. The van der Waals surface area contributed by atoms with Crippen molar-refractivity contribution in [1.82, 2.24) is 4.98 Å². The Kier molecular flexibility index (Phi) is 2.44. The monoisotopic (exact) mass is 199 g/mol. The molecule has 0 saturated heterocycles. The summed E-state index contributed by atoms with van der Waals surface area (Å²) in [6, 6.07) is 7.75. The highest BCUT2D eigenvalue weighted by molar-refractivity contribution is 6.26. The Morgan fingerprint density at radius 1 is 1.47 bits per heavy atom. The average Bonchev–Trinajstić information content (AvgIpc) is 2.62. The third-order valence-electron chi connectivity index (χ3n) is 2.24. The van der Waals surface area contributed by atoms with Crippen LogP contribution in [0.2, 0.25) is 0 Å². The number of carbonyl (C=O) groups is 1. The molecule has 0 radical (unpaired) electrons. The van der Waals surface area contributed by atoms with Gasteiger partial charge in [-0.25, -0.2) is 0 Å². The molecule has 0 aliphatic carbocycles. The van der Waals surface area contributed by atoms with E-state index in [1.807, 2.05) is 24.3 Å². The molecule has 4 nitrogen and oxygen atoms in total. The van der Waals surface area contributed by atoms with Crippen molar-refractivity contribution in [3.8, 4) is 0 Å². The van der Waals surface area contributed by atoms with Crippen molar-refractivity contribution in [2.24, 2.45) is 0 Å². The number of aromatic nitrogens is 1. The van der Waals surface area contributed by atoms with Gasteiger partial charge >= 0.3 is 6.21 Å². The number of rotatable bonds is 3. The Hall–Kier alpha value is -2.19. The zero-order chi connectivity index (χ0) is 10.7. The van der Waals surface area contributed by atoms with Crippen LogP contribution in [0.1, 0.15) is 5.56 Å². The van der Waals surface area contributed by atoms with Gasteiger partial charge in [0.15, 0.2) is 0 Å². The molecule has 1 N–H and O–H groups in total. The molecule has 74 valence electrons. The first-order valence-corrected chi connectivity index (χ1v) is 4.56. The number of aromatic amines is 1. The maximum atomic E-state index is 11.2. The number of hydrogen-bond acceptors (Lipinski definition) is 1. The molecule has 2 rings (SSSR count). The molecule has 15 heavy (non-hydrogen) atoms. The second-order valence-corrected chi connectivity index (χ2v) is 3.25. The zero-order valence-corrected chi connectivity index (χ0v) is 7.97. The molecule has 1 aromatic heterocycles. The number of hydrogen-bond donors (Lipinski definition) is 1. The minimum atomic E-state index is -0.220. The standard InChI is InChI=1S/C11H9N3O/c12-14-7-9(15)5-8-6-13-11-4-2-1-3-10(8)11/h1-4,6-7,13H,5H2. The first-order chi connectivity index (χ1) is 7.31. The number of H-pyrrole nitrogens is 1. The number of ketones is 1. The van der Waals surface area contributed by atoms with Gasteiger partial charge in [0.05, 0.1) is 0 Å². The molecule has 0 aliphatic rings. The lowest BCUT2D eigenvalue weighted by molar-refractivity contribution is -0.115. The Morgan fingerprint density at radius 2 is 2.27 bits per heavy atom. The van der Waals surface area contributed by atoms with Crippen LogP contribution in [0.5, 0.6) is 0 Å². The molecule has 0 fully saturated rings. The van der Waals surface area contributed by atoms with Gasteiger partial charge in [0.25, 0.3) is 0 Å². The van der Waals surface area contributed by atoms with Gasteiger partial charge in [-0.3, -0.25) is 4.79 Å². The number of fused-ring (bicyclic) bond motifs is 1. The van der Waals surface area contributed by atoms with Crippen molar-refractivity contribution in [1.29, 1.82) is 0 Å². The van der Waals surface area contributed by atoms with Crippen molar-refractivity contribution in [3.63, 3.8) is 0 Å². The number of nitrogens with one attached hydrogen (secondary N) is 1. The largest absolute Gasteiger partial charge is 0.361 e. The lowest BCUT2D eigenvalue weighted by atomic mass is 10.1. The van der Waals surface area contributed by atoms with Crippen LogP contribution < -0.4 is 0 Å². The minimum Gasteiger partial charge on any atom is -0.361 e. The van der Waals surface area contributed by atoms with Gasteiger partial charge in [0.1, 0.15) is 0 Å². The van der Waals surface area contributed by atoms with Gasteiger partial charge < -0.3 is 10.5 Å². The van der Waals surface area contributed by atoms with Crippen LogP contribution in [0.15, 0.2) is 30.5 Å². The van der Waals surface area contributed by atoms with Crippen LogP contribution in [0.4, 0.5) is 0 Å². The molecule has 0 atom stereocenters. The van der Waals surface area contributed by atoms with Gasteiger partial charge in [-0.15, -0.1) is 0 Å². The van der Waals surface area contributed by atoms with E-state index >= 15 is 0 Å². The predicted octanol–water partition coefficient (Wildman–Crippen LogP) is 1.58. The van der Waals surface area contributed by atoms with Gasteiger partial charge in [0, 0.05) is 23.5 Å². The summed E-state index contributed by atoms with van der Waals surface area (Å²) in [6.45, 7) is 0. The highest BCUT2D eigenvalue weighted by atomic mass is 16.1. The lowest BCUT2D eigenvalue weighted by Gasteiger charge is -1.92. The molecule has 2 aromatic rings. The molecule has 4 heteroatoms. The summed E-state index contributed by atoms with van der Waals surface area (Å²) in [6.07, 6.45) is 2.96. The van der Waals surface area contributed by atoms with E-state index in [-0.39, 0.29) is 12.2 Å². The molecule has 0 aliphatic heterocycles. The highest BCUT2D eigenvalue weighted by Gasteiger charge is 2.08. The fourth-order valence-electron chi connectivity index (χ4n) is 1.58. The van der Waals surface area contributed by atoms with Crippen molar-refractivity contribution in [3.05, 3.63) is 41.6 Å². The fraction of sp³-hybridized carbons (Fsp3) is 0.0909. The van der Waals surface area contributed by atoms with Crippen LogP contribution in [-0.2, 0) is 11.2 Å². The SMILES string of the molecule is [N-]=[N+]=CC(=O)Cc1c[nH]c2ccccc12. The summed E-state index contributed by atoms with van der Waals surface area (Å²) in [5, 5.41) is 1.03. The summed E-state index contributed by atoms with van der Waals surface area (Å²) in [5.74, 6) is -0.220. The predicted molar refractivity (Wildman–Crippen MR) is 56.7 cm³/mol. The maximum absolute atomic E-state index is 11.2. The molecule has 1 heterocycles. The van der Waals surface area contributed by atoms with Crippen molar-refractivity contribution >= 4 is 22.9 Å². The van der Waals surface area contributed by atoms with Gasteiger partial charge in [-0.1, -0.05) is 18.2 Å². The first kappa shape index (κ1) is 9.37. The van der Waals surface area contributed by atoms with Gasteiger partial charge in [-0.2, -0.15) is 4.79 Å². The van der Waals surface area contributed by atoms with E-state index < -0.39 is 0 Å². The average molecular weight is 199 g/mol. The van der Waals surface area contributed by atoms with Crippen LogP contribution in [-0.4, -0.2) is 21.8 Å². The van der Waals surface area contributed by atoms with Crippen molar-refractivity contribution < 1.29 is 9.58 Å². The van der Waals surface area contributed by atoms with E-state index in [4.69, 9.17) is 5.53 Å². The number of nitrogens with zero attached hydrogens (tertiary/aromatic N) is 2. The third kappa shape index (κ3) is 1.85. The molecule has 0 spiro atoms. The number of para-hydroxylation sites is 1.